The molecule has 2 rings (SSSR count). The van der Waals surface area contributed by atoms with Crippen molar-refractivity contribution in [3.63, 3.8) is 0 Å². The van der Waals surface area contributed by atoms with E-state index in [1.807, 2.05) is 13.8 Å². The van der Waals surface area contributed by atoms with Crippen molar-refractivity contribution < 1.29 is 18.3 Å². The van der Waals surface area contributed by atoms with E-state index in [0.717, 1.165) is 6.42 Å². The minimum absolute atomic E-state index is 0.0104. The lowest BCUT2D eigenvalue weighted by Crippen LogP contribution is -2.53. The molecule has 21 heavy (non-hydrogen) atoms. The Kier molecular flexibility index (Phi) is 4.46. The van der Waals surface area contributed by atoms with Gasteiger partial charge in [0.15, 0.2) is 0 Å². The topological polar surface area (TPSA) is 55.6 Å². The largest absolute Gasteiger partial charge is 0.435 e. The molecule has 6 heteroatoms. The Bertz CT molecular complexity index is 520. The van der Waals surface area contributed by atoms with Crippen molar-refractivity contribution in [1.29, 1.82) is 0 Å². The highest BCUT2D eigenvalue weighted by atomic mass is 19.3. The quantitative estimate of drug-likeness (QED) is 0.932. The number of hydrogen-bond acceptors (Lipinski definition) is 3. The van der Waals surface area contributed by atoms with Crippen LogP contribution in [-0.2, 0) is 0 Å². The van der Waals surface area contributed by atoms with Gasteiger partial charge in [0.05, 0.1) is 0 Å². The van der Waals surface area contributed by atoms with E-state index < -0.39 is 6.61 Å². The summed E-state index contributed by atoms with van der Waals surface area (Å²) in [5.41, 5.74) is 6.24. The Hall–Kier alpha value is -1.69. The number of amides is 1. The van der Waals surface area contributed by atoms with Crippen molar-refractivity contribution in [2.45, 2.75) is 32.9 Å². The summed E-state index contributed by atoms with van der Waals surface area (Å²) in [6.07, 6.45) is 0.728. The van der Waals surface area contributed by atoms with E-state index in [4.69, 9.17) is 5.73 Å². The second-order valence-electron chi connectivity index (χ2n) is 6.02. The standard InChI is InChI=1S/C15H20F2N2O2/c1-15(2)9-19(7-6-12(15)18)13(20)10-4-3-5-11(8-10)21-14(16)17/h3-5,8,12,14H,6-7,9,18H2,1-2H3. The van der Waals surface area contributed by atoms with Crippen LogP contribution in [-0.4, -0.2) is 36.5 Å². The minimum atomic E-state index is -2.90. The van der Waals surface area contributed by atoms with Gasteiger partial charge in [-0.15, -0.1) is 0 Å². The van der Waals surface area contributed by atoms with E-state index in [1.54, 1.807) is 11.0 Å². The first kappa shape index (κ1) is 15.7. The molecule has 1 fully saturated rings. The predicted molar refractivity (Wildman–Crippen MR) is 75.4 cm³/mol. The summed E-state index contributed by atoms with van der Waals surface area (Å²) in [4.78, 5) is 14.2. The van der Waals surface area contributed by atoms with Gasteiger partial charge in [-0.1, -0.05) is 19.9 Å². The average molecular weight is 298 g/mol. The number of rotatable bonds is 3. The lowest BCUT2D eigenvalue weighted by atomic mass is 9.79. The van der Waals surface area contributed by atoms with Gasteiger partial charge in [0.25, 0.3) is 5.91 Å². The van der Waals surface area contributed by atoms with Crippen LogP contribution in [0.3, 0.4) is 0 Å². The van der Waals surface area contributed by atoms with E-state index in [0.29, 0.717) is 18.7 Å². The smallest absolute Gasteiger partial charge is 0.387 e. The molecular weight excluding hydrogens is 278 g/mol. The summed E-state index contributed by atoms with van der Waals surface area (Å²) < 4.78 is 28.8. The lowest BCUT2D eigenvalue weighted by Gasteiger charge is -2.42. The highest BCUT2D eigenvalue weighted by Gasteiger charge is 2.35. The van der Waals surface area contributed by atoms with Gasteiger partial charge in [0.1, 0.15) is 5.75 Å². The van der Waals surface area contributed by atoms with Gasteiger partial charge in [-0.2, -0.15) is 8.78 Å². The molecule has 1 amide bonds. The summed E-state index contributed by atoms with van der Waals surface area (Å²) >= 11 is 0. The van der Waals surface area contributed by atoms with Crippen LogP contribution in [0.25, 0.3) is 0 Å². The highest BCUT2D eigenvalue weighted by molar-refractivity contribution is 5.94. The van der Waals surface area contributed by atoms with Crippen molar-refractivity contribution >= 4 is 5.91 Å². The van der Waals surface area contributed by atoms with E-state index in [-0.39, 0.29) is 23.1 Å². The van der Waals surface area contributed by atoms with E-state index in [1.165, 1.54) is 18.2 Å². The molecule has 0 bridgehead atoms. The van der Waals surface area contributed by atoms with Gasteiger partial charge < -0.3 is 15.4 Å². The number of nitrogens with two attached hydrogens (primary N) is 1. The maximum Gasteiger partial charge on any atom is 0.387 e. The fourth-order valence-electron chi connectivity index (χ4n) is 2.54. The second-order valence-corrected chi connectivity index (χ2v) is 6.02. The number of benzene rings is 1. The van der Waals surface area contributed by atoms with Gasteiger partial charge in [-0.25, -0.2) is 0 Å². The molecule has 2 N–H and O–H groups in total. The first-order chi connectivity index (χ1) is 9.79. The molecule has 1 aromatic carbocycles. The number of ether oxygens (including phenoxy) is 1. The van der Waals surface area contributed by atoms with E-state index in [9.17, 15) is 13.6 Å². The highest BCUT2D eigenvalue weighted by Crippen LogP contribution is 2.29. The first-order valence-corrected chi connectivity index (χ1v) is 6.89. The maximum atomic E-state index is 12.5. The maximum absolute atomic E-state index is 12.5. The van der Waals surface area contributed by atoms with Gasteiger partial charge >= 0.3 is 6.61 Å². The fraction of sp³-hybridized carbons (Fsp3) is 0.533. The van der Waals surface area contributed by atoms with Gasteiger partial charge in [0.2, 0.25) is 0 Å². The number of halogens is 2. The summed E-state index contributed by atoms with van der Waals surface area (Å²) in [6.45, 7) is 2.26. The van der Waals surface area contributed by atoms with Crippen LogP contribution in [0.4, 0.5) is 8.78 Å². The molecule has 0 spiro atoms. The molecule has 116 valence electrons. The van der Waals surface area contributed by atoms with Crippen LogP contribution in [0, 0.1) is 5.41 Å². The summed E-state index contributed by atoms with van der Waals surface area (Å²) in [6, 6.07) is 5.93. The van der Waals surface area contributed by atoms with Crippen LogP contribution in [0.1, 0.15) is 30.6 Å². The van der Waals surface area contributed by atoms with Crippen molar-refractivity contribution in [3.05, 3.63) is 29.8 Å². The van der Waals surface area contributed by atoms with Crippen molar-refractivity contribution in [1.82, 2.24) is 4.90 Å². The number of hydrogen-bond donors (Lipinski definition) is 1. The Labute approximate surface area is 122 Å². The Balaban J connectivity index is 2.13. The first-order valence-electron chi connectivity index (χ1n) is 6.89. The van der Waals surface area contributed by atoms with Crippen LogP contribution in [0.2, 0.25) is 0 Å². The Morgan fingerprint density at radius 2 is 2.19 bits per heavy atom. The minimum Gasteiger partial charge on any atom is -0.435 e. The molecular formula is C15H20F2N2O2. The zero-order valence-electron chi connectivity index (χ0n) is 12.2. The second kappa shape index (κ2) is 5.97. The Morgan fingerprint density at radius 3 is 2.81 bits per heavy atom. The number of likely N-dealkylation sites (tertiary alicyclic amines) is 1. The number of carbonyl (C=O) groups excluding carboxylic acids is 1. The average Bonchev–Trinajstić information content (AvgIpc) is 2.40. The van der Waals surface area contributed by atoms with Gasteiger partial charge in [0, 0.05) is 24.7 Å². The molecule has 1 unspecified atom stereocenters. The SMILES string of the molecule is CC1(C)CN(C(=O)c2cccc(OC(F)F)c2)CCC1N. The third kappa shape index (κ3) is 3.69. The third-order valence-electron chi connectivity index (χ3n) is 3.91. The van der Waals surface area contributed by atoms with Crippen LogP contribution in [0.15, 0.2) is 24.3 Å². The molecule has 1 heterocycles. The van der Waals surface area contributed by atoms with Crippen LogP contribution >= 0.6 is 0 Å². The third-order valence-corrected chi connectivity index (χ3v) is 3.91. The summed E-state index contributed by atoms with van der Waals surface area (Å²) in [5.74, 6) is -0.196. The van der Waals surface area contributed by atoms with Crippen LogP contribution < -0.4 is 10.5 Å². The zero-order valence-corrected chi connectivity index (χ0v) is 12.2. The van der Waals surface area contributed by atoms with Crippen molar-refractivity contribution in [2.75, 3.05) is 13.1 Å². The number of nitrogens with zero attached hydrogens (tertiary/aromatic N) is 1. The predicted octanol–water partition coefficient (Wildman–Crippen LogP) is 2.49. The van der Waals surface area contributed by atoms with Crippen molar-refractivity contribution in [2.24, 2.45) is 11.1 Å². The molecule has 0 aliphatic carbocycles. The van der Waals surface area contributed by atoms with E-state index in [2.05, 4.69) is 4.74 Å². The molecule has 0 radical (unpaired) electrons. The van der Waals surface area contributed by atoms with Gasteiger partial charge in [-0.05, 0) is 30.0 Å². The lowest BCUT2D eigenvalue weighted by molar-refractivity contribution is -0.0499. The molecule has 1 atom stereocenters. The normalized spacial score (nSPS) is 21.4. The number of alkyl halides is 2. The number of carbonyl (C=O) groups is 1. The van der Waals surface area contributed by atoms with Crippen molar-refractivity contribution in [3.8, 4) is 5.75 Å². The summed E-state index contributed by atoms with van der Waals surface area (Å²) in [5, 5.41) is 0. The van der Waals surface area contributed by atoms with Gasteiger partial charge in [-0.3, -0.25) is 4.79 Å². The zero-order chi connectivity index (χ0) is 15.6. The molecule has 4 nitrogen and oxygen atoms in total. The van der Waals surface area contributed by atoms with Crippen LogP contribution in [0.5, 0.6) is 5.75 Å². The molecule has 1 aliphatic heterocycles. The molecule has 0 saturated carbocycles. The molecule has 1 aliphatic rings. The molecule has 1 saturated heterocycles. The summed E-state index contributed by atoms with van der Waals surface area (Å²) in [7, 11) is 0. The van der Waals surface area contributed by atoms with E-state index >= 15 is 0 Å². The molecule has 1 aromatic rings. The Morgan fingerprint density at radius 1 is 1.48 bits per heavy atom. The monoisotopic (exact) mass is 298 g/mol. The fourth-order valence-corrected chi connectivity index (χ4v) is 2.54. The molecule has 0 aromatic heterocycles. The number of piperidine rings is 1.